The molecule has 0 amide bonds. The average molecular weight is 374 g/mol. The smallest absolute Gasteiger partial charge is 0.157 e. The maximum Gasteiger partial charge on any atom is 0.157 e. The fourth-order valence-electron chi connectivity index (χ4n) is 3.46. The van der Waals surface area contributed by atoms with Crippen molar-refractivity contribution in [1.29, 1.82) is 0 Å². The lowest BCUT2D eigenvalue weighted by atomic mass is 9.79. The molecule has 1 heterocycles. The fraction of sp³-hybridized carbons (Fsp3) is 0.346. The van der Waals surface area contributed by atoms with E-state index in [1.54, 1.807) is 6.20 Å². The molecule has 3 aromatic rings. The van der Waals surface area contributed by atoms with Crippen molar-refractivity contribution in [2.24, 2.45) is 0 Å². The number of hydrogen-bond acceptors (Lipinski definition) is 2. The van der Waals surface area contributed by atoms with E-state index in [2.05, 4.69) is 70.8 Å². The fourth-order valence-corrected chi connectivity index (χ4v) is 3.46. The maximum atomic E-state index is 12.0. The number of rotatable bonds is 3. The molecular weight excluding hydrogens is 342 g/mol. The van der Waals surface area contributed by atoms with E-state index < -0.39 is 5.60 Å². The van der Waals surface area contributed by atoms with Gasteiger partial charge in [-0.15, -0.1) is 0 Å². The highest BCUT2D eigenvalue weighted by Crippen LogP contribution is 2.37. The van der Waals surface area contributed by atoms with Crippen LogP contribution in [-0.2, 0) is 16.4 Å². The Balaban J connectivity index is 2.14. The van der Waals surface area contributed by atoms with Crippen molar-refractivity contribution < 1.29 is 5.11 Å². The molecule has 0 aliphatic carbocycles. The molecule has 2 aromatic carbocycles. The van der Waals surface area contributed by atoms with Gasteiger partial charge in [0.05, 0.1) is 5.69 Å². The van der Waals surface area contributed by atoms with Crippen LogP contribution in [0.25, 0.3) is 0 Å². The van der Waals surface area contributed by atoms with Crippen LogP contribution in [0.15, 0.2) is 72.9 Å². The Labute approximate surface area is 169 Å². The summed E-state index contributed by atoms with van der Waals surface area (Å²) in [4.78, 5) is 4.50. The van der Waals surface area contributed by atoms with Gasteiger partial charge in [0.1, 0.15) is 0 Å². The molecule has 0 bridgehead atoms. The van der Waals surface area contributed by atoms with Gasteiger partial charge in [-0.25, -0.2) is 0 Å². The Bertz CT molecular complexity index is 854. The van der Waals surface area contributed by atoms with Gasteiger partial charge in [-0.3, -0.25) is 4.98 Å². The summed E-state index contributed by atoms with van der Waals surface area (Å²) in [5.41, 5.74) is 3.58. The first kappa shape index (κ1) is 20.3. The van der Waals surface area contributed by atoms with Crippen LogP contribution < -0.4 is 0 Å². The Hall–Kier alpha value is -2.45. The number of benzene rings is 2. The largest absolute Gasteiger partial charge is 0.374 e. The van der Waals surface area contributed by atoms with Gasteiger partial charge in [0.2, 0.25) is 0 Å². The summed E-state index contributed by atoms with van der Waals surface area (Å²) in [6.07, 6.45) is 1.73. The summed E-state index contributed by atoms with van der Waals surface area (Å²) in [6, 6.07) is 22.2. The zero-order chi connectivity index (χ0) is 20.6. The van der Waals surface area contributed by atoms with Crippen LogP contribution in [0, 0.1) is 0 Å². The molecule has 1 N–H and O–H groups in total. The van der Waals surface area contributed by atoms with Crippen molar-refractivity contribution in [1.82, 2.24) is 4.98 Å². The van der Waals surface area contributed by atoms with E-state index >= 15 is 0 Å². The topological polar surface area (TPSA) is 33.1 Å². The summed E-state index contributed by atoms with van der Waals surface area (Å²) in [5.74, 6) is 0. The van der Waals surface area contributed by atoms with E-state index in [1.165, 1.54) is 11.1 Å². The molecule has 0 saturated carbocycles. The summed E-state index contributed by atoms with van der Waals surface area (Å²) < 4.78 is 0. The molecule has 0 spiro atoms. The number of aliphatic hydroxyl groups is 1. The molecule has 0 saturated heterocycles. The molecule has 2 nitrogen and oxygen atoms in total. The molecule has 28 heavy (non-hydrogen) atoms. The number of aromatic nitrogens is 1. The lowest BCUT2D eigenvalue weighted by molar-refractivity contribution is 0.121. The van der Waals surface area contributed by atoms with Gasteiger partial charge in [0.25, 0.3) is 0 Å². The van der Waals surface area contributed by atoms with Crippen LogP contribution in [0.1, 0.15) is 69.5 Å². The second kappa shape index (κ2) is 7.18. The molecule has 1 aromatic heterocycles. The average Bonchev–Trinajstić information content (AvgIpc) is 2.67. The number of pyridine rings is 1. The molecule has 3 rings (SSSR count). The minimum absolute atomic E-state index is 0.0655. The Morgan fingerprint density at radius 2 is 0.964 bits per heavy atom. The predicted octanol–water partition coefficient (Wildman–Crippen LogP) is 5.96. The van der Waals surface area contributed by atoms with Crippen molar-refractivity contribution in [3.05, 3.63) is 101 Å². The predicted molar refractivity (Wildman–Crippen MR) is 117 cm³/mol. The minimum Gasteiger partial charge on any atom is -0.374 e. The molecule has 0 atom stereocenters. The van der Waals surface area contributed by atoms with Crippen LogP contribution in [0.5, 0.6) is 0 Å². The summed E-state index contributed by atoms with van der Waals surface area (Å²) >= 11 is 0. The number of hydrogen-bond donors (Lipinski definition) is 1. The van der Waals surface area contributed by atoms with Crippen molar-refractivity contribution in [3.8, 4) is 0 Å². The first-order valence-corrected chi connectivity index (χ1v) is 9.89. The third kappa shape index (κ3) is 3.88. The Morgan fingerprint density at radius 1 is 0.571 bits per heavy atom. The normalized spacial score (nSPS) is 12.8. The summed E-state index contributed by atoms with van der Waals surface area (Å²) in [7, 11) is 0. The van der Waals surface area contributed by atoms with E-state index in [-0.39, 0.29) is 10.8 Å². The van der Waals surface area contributed by atoms with E-state index in [4.69, 9.17) is 0 Å². The molecule has 0 radical (unpaired) electrons. The zero-order valence-corrected chi connectivity index (χ0v) is 17.8. The second-order valence-corrected chi connectivity index (χ2v) is 9.58. The molecule has 0 fully saturated rings. The van der Waals surface area contributed by atoms with Gasteiger partial charge in [-0.1, -0.05) is 96.1 Å². The van der Waals surface area contributed by atoms with Crippen molar-refractivity contribution in [3.63, 3.8) is 0 Å². The maximum absolute atomic E-state index is 12.0. The van der Waals surface area contributed by atoms with Crippen molar-refractivity contribution in [2.45, 2.75) is 58.0 Å². The van der Waals surface area contributed by atoms with E-state index in [0.717, 1.165) is 11.1 Å². The third-order valence-corrected chi connectivity index (χ3v) is 5.37. The van der Waals surface area contributed by atoms with Gasteiger partial charge < -0.3 is 5.11 Å². The van der Waals surface area contributed by atoms with Crippen molar-refractivity contribution in [2.75, 3.05) is 0 Å². The first-order valence-electron chi connectivity index (χ1n) is 9.89. The van der Waals surface area contributed by atoms with Gasteiger partial charge >= 0.3 is 0 Å². The number of nitrogens with zero attached hydrogens (tertiary/aromatic N) is 1. The van der Waals surface area contributed by atoms with Gasteiger partial charge in [-0.05, 0) is 45.2 Å². The molecule has 2 heteroatoms. The highest BCUT2D eigenvalue weighted by atomic mass is 16.3. The lowest BCUT2D eigenvalue weighted by Crippen LogP contribution is -2.30. The van der Waals surface area contributed by atoms with Crippen molar-refractivity contribution >= 4 is 0 Å². The minimum atomic E-state index is -1.30. The molecule has 0 aliphatic rings. The molecule has 146 valence electrons. The SMILES string of the molecule is CC(C)(C)c1ccc(C(O)(c2ccc(C(C)(C)C)cc2)c2ccccn2)cc1. The van der Waals surface area contributed by atoms with E-state index in [0.29, 0.717) is 5.69 Å². The zero-order valence-electron chi connectivity index (χ0n) is 17.8. The Kier molecular flexibility index (Phi) is 5.20. The van der Waals surface area contributed by atoms with Crippen LogP contribution in [0.2, 0.25) is 0 Å². The van der Waals surface area contributed by atoms with Crippen LogP contribution in [0.4, 0.5) is 0 Å². The van der Waals surface area contributed by atoms with Gasteiger partial charge in [0, 0.05) is 6.20 Å². The molecular formula is C26H31NO. The highest BCUT2D eigenvalue weighted by molar-refractivity contribution is 5.46. The van der Waals surface area contributed by atoms with Crippen LogP contribution in [-0.4, -0.2) is 10.1 Å². The summed E-state index contributed by atoms with van der Waals surface area (Å²) in [6.45, 7) is 13.2. The summed E-state index contributed by atoms with van der Waals surface area (Å²) in [5, 5.41) is 12.0. The van der Waals surface area contributed by atoms with E-state index in [1.807, 2.05) is 42.5 Å². The standard InChI is InChI=1S/C26H31NO/c1-24(2,3)19-10-14-21(15-11-19)26(28,23-9-7-8-18-27-23)22-16-12-20(13-17-22)25(4,5)6/h7-18,28H,1-6H3. The second-order valence-electron chi connectivity index (χ2n) is 9.58. The van der Waals surface area contributed by atoms with Crippen LogP contribution in [0.3, 0.4) is 0 Å². The quantitative estimate of drug-likeness (QED) is 0.614. The highest BCUT2D eigenvalue weighted by Gasteiger charge is 2.35. The molecule has 0 unspecified atom stereocenters. The Morgan fingerprint density at radius 3 is 1.29 bits per heavy atom. The first-order chi connectivity index (χ1) is 13.0. The van der Waals surface area contributed by atoms with Gasteiger partial charge in [-0.2, -0.15) is 0 Å². The monoisotopic (exact) mass is 373 g/mol. The third-order valence-electron chi connectivity index (χ3n) is 5.37. The lowest BCUT2D eigenvalue weighted by Gasteiger charge is -2.30. The van der Waals surface area contributed by atoms with Crippen LogP contribution >= 0.6 is 0 Å². The molecule has 0 aliphatic heterocycles. The van der Waals surface area contributed by atoms with E-state index in [9.17, 15) is 5.11 Å². The van der Waals surface area contributed by atoms with Gasteiger partial charge in [0.15, 0.2) is 5.60 Å².